The summed E-state index contributed by atoms with van der Waals surface area (Å²) >= 11 is 0. The largest absolute Gasteiger partial charge is 0.489 e. The maximum absolute atomic E-state index is 12.7. The summed E-state index contributed by atoms with van der Waals surface area (Å²) in [6.45, 7) is 9.26. The van der Waals surface area contributed by atoms with Crippen LogP contribution in [0.25, 0.3) is 0 Å². The minimum absolute atomic E-state index is 0.107. The van der Waals surface area contributed by atoms with Crippen LogP contribution in [0.2, 0.25) is 0 Å². The first-order chi connectivity index (χ1) is 13.5. The normalized spacial score (nSPS) is 11.9. The van der Waals surface area contributed by atoms with Crippen LogP contribution in [0.4, 0.5) is 0 Å². The fraction of sp³-hybridized carbons (Fsp3) is 0.304. The van der Waals surface area contributed by atoms with E-state index in [1.165, 1.54) is 0 Å². The van der Waals surface area contributed by atoms with Crippen LogP contribution in [0.15, 0.2) is 54.7 Å². The highest BCUT2D eigenvalue weighted by molar-refractivity contribution is 5.94. The predicted molar refractivity (Wildman–Crippen MR) is 110 cm³/mol. The molecule has 0 saturated carbocycles. The molecule has 0 aliphatic rings. The van der Waals surface area contributed by atoms with E-state index in [0.29, 0.717) is 12.2 Å². The number of benzene rings is 2. The molecule has 0 aliphatic carbocycles. The number of aryl methyl sites for hydroxylation is 3. The van der Waals surface area contributed by atoms with Gasteiger partial charge in [-0.05, 0) is 68.7 Å². The minimum atomic E-state index is -0.121. The first kappa shape index (κ1) is 19.7. The summed E-state index contributed by atoms with van der Waals surface area (Å²) in [6, 6.07) is 15.5. The van der Waals surface area contributed by atoms with Crippen molar-refractivity contribution in [3.05, 3.63) is 82.7 Å². The molecule has 1 N–H and O–H groups in total. The number of ether oxygens (including phenoxy) is 1. The van der Waals surface area contributed by atoms with E-state index in [1.807, 2.05) is 68.8 Å². The first-order valence-electron chi connectivity index (χ1n) is 9.59. The standard InChI is InChI=1S/C23H27N3O2/c1-5-26-21(11-12-24-26)18(4)25-23(27)20-8-6-7-19(14-20)15-28-22-13-16(2)9-10-17(22)3/h6-14,18H,5,15H2,1-4H3,(H,25,27). The van der Waals surface area contributed by atoms with Crippen LogP contribution in [0, 0.1) is 13.8 Å². The van der Waals surface area contributed by atoms with Crippen molar-refractivity contribution >= 4 is 5.91 Å². The number of nitrogens with zero attached hydrogens (tertiary/aromatic N) is 2. The van der Waals surface area contributed by atoms with Gasteiger partial charge in [-0.3, -0.25) is 9.48 Å². The number of amides is 1. The second kappa shape index (κ2) is 8.74. The second-order valence-electron chi connectivity index (χ2n) is 7.02. The van der Waals surface area contributed by atoms with E-state index in [-0.39, 0.29) is 11.9 Å². The van der Waals surface area contributed by atoms with Crippen LogP contribution < -0.4 is 10.1 Å². The molecule has 1 unspecified atom stereocenters. The van der Waals surface area contributed by atoms with Gasteiger partial charge in [0, 0.05) is 18.3 Å². The van der Waals surface area contributed by atoms with E-state index < -0.39 is 0 Å². The molecule has 1 aromatic heterocycles. The lowest BCUT2D eigenvalue weighted by molar-refractivity contribution is 0.0938. The lowest BCUT2D eigenvalue weighted by atomic mass is 10.1. The molecule has 0 saturated heterocycles. The van der Waals surface area contributed by atoms with E-state index in [9.17, 15) is 4.79 Å². The number of nitrogens with one attached hydrogen (secondary N) is 1. The third-order valence-corrected chi connectivity index (χ3v) is 4.77. The van der Waals surface area contributed by atoms with Crippen LogP contribution in [0.1, 0.15) is 52.6 Å². The number of aromatic nitrogens is 2. The molecule has 5 nitrogen and oxygen atoms in total. The maximum atomic E-state index is 12.7. The zero-order chi connectivity index (χ0) is 20.1. The van der Waals surface area contributed by atoms with Crippen LogP contribution >= 0.6 is 0 Å². The molecule has 5 heteroatoms. The molecule has 146 valence electrons. The van der Waals surface area contributed by atoms with Gasteiger partial charge in [0.1, 0.15) is 12.4 Å². The molecule has 0 radical (unpaired) electrons. The molecule has 0 aliphatic heterocycles. The first-order valence-corrected chi connectivity index (χ1v) is 9.59. The number of hydrogen-bond acceptors (Lipinski definition) is 3. The van der Waals surface area contributed by atoms with Crippen molar-refractivity contribution in [2.24, 2.45) is 0 Å². The van der Waals surface area contributed by atoms with Crippen LogP contribution in [-0.4, -0.2) is 15.7 Å². The van der Waals surface area contributed by atoms with Gasteiger partial charge in [-0.25, -0.2) is 0 Å². The maximum Gasteiger partial charge on any atom is 0.251 e. The summed E-state index contributed by atoms with van der Waals surface area (Å²) in [5, 5.41) is 7.32. The monoisotopic (exact) mass is 377 g/mol. The summed E-state index contributed by atoms with van der Waals surface area (Å²) in [4.78, 5) is 12.7. The molecule has 0 bridgehead atoms. The average molecular weight is 377 g/mol. The van der Waals surface area contributed by atoms with Gasteiger partial charge >= 0.3 is 0 Å². The molecule has 3 rings (SSSR count). The Morgan fingerprint density at radius 2 is 2.00 bits per heavy atom. The average Bonchev–Trinajstić information content (AvgIpc) is 3.18. The van der Waals surface area contributed by atoms with Crippen molar-refractivity contribution in [1.82, 2.24) is 15.1 Å². The topological polar surface area (TPSA) is 56.2 Å². The molecule has 28 heavy (non-hydrogen) atoms. The fourth-order valence-electron chi connectivity index (χ4n) is 3.16. The highest BCUT2D eigenvalue weighted by Crippen LogP contribution is 2.21. The molecule has 3 aromatic rings. The van der Waals surface area contributed by atoms with E-state index in [4.69, 9.17) is 4.74 Å². The van der Waals surface area contributed by atoms with Crippen molar-refractivity contribution in [2.75, 3.05) is 0 Å². The van der Waals surface area contributed by atoms with Crippen molar-refractivity contribution in [3.8, 4) is 5.75 Å². The van der Waals surface area contributed by atoms with Gasteiger partial charge in [-0.2, -0.15) is 5.10 Å². The molecule has 1 heterocycles. The SMILES string of the molecule is CCn1nccc1C(C)NC(=O)c1cccc(COc2cc(C)ccc2C)c1. The molecular formula is C23H27N3O2. The Bertz CT molecular complexity index is 962. The fourth-order valence-corrected chi connectivity index (χ4v) is 3.16. The Morgan fingerprint density at radius 1 is 1.18 bits per heavy atom. The van der Waals surface area contributed by atoms with Gasteiger partial charge in [0.15, 0.2) is 0 Å². The third kappa shape index (κ3) is 4.60. The highest BCUT2D eigenvalue weighted by Gasteiger charge is 2.15. The Labute approximate surface area is 166 Å². The Hall–Kier alpha value is -3.08. The van der Waals surface area contributed by atoms with Crippen molar-refractivity contribution < 1.29 is 9.53 Å². The highest BCUT2D eigenvalue weighted by atomic mass is 16.5. The Kier molecular flexibility index (Phi) is 6.14. The van der Waals surface area contributed by atoms with Crippen LogP contribution in [0.5, 0.6) is 5.75 Å². The van der Waals surface area contributed by atoms with E-state index in [0.717, 1.165) is 34.7 Å². The van der Waals surface area contributed by atoms with Gasteiger partial charge in [-0.1, -0.05) is 24.3 Å². The van der Waals surface area contributed by atoms with Gasteiger partial charge in [0.2, 0.25) is 0 Å². The minimum Gasteiger partial charge on any atom is -0.489 e. The summed E-state index contributed by atoms with van der Waals surface area (Å²) in [5.74, 6) is 0.765. The third-order valence-electron chi connectivity index (χ3n) is 4.77. The van der Waals surface area contributed by atoms with E-state index >= 15 is 0 Å². The Morgan fingerprint density at radius 3 is 2.79 bits per heavy atom. The van der Waals surface area contributed by atoms with Gasteiger partial charge < -0.3 is 10.1 Å². The number of rotatable bonds is 7. The molecule has 0 spiro atoms. The summed E-state index contributed by atoms with van der Waals surface area (Å²) in [5.41, 5.74) is 4.83. The second-order valence-corrected chi connectivity index (χ2v) is 7.02. The number of hydrogen-bond donors (Lipinski definition) is 1. The smallest absolute Gasteiger partial charge is 0.251 e. The van der Waals surface area contributed by atoms with Gasteiger partial charge in [0.25, 0.3) is 5.91 Å². The lowest BCUT2D eigenvalue weighted by Crippen LogP contribution is -2.28. The van der Waals surface area contributed by atoms with Crippen LogP contribution in [0.3, 0.4) is 0 Å². The van der Waals surface area contributed by atoms with Crippen molar-refractivity contribution in [1.29, 1.82) is 0 Å². The van der Waals surface area contributed by atoms with Gasteiger partial charge in [0.05, 0.1) is 11.7 Å². The number of carbonyl (C=O) groups is 1. The summed E-state index contributed by atoms with van der Waals surface area (Å²) < 4.78 is 7.85. The Balaban J connectivity index is 1.67. The van der Waals surface area contributed by atoms with Crippen molar-refractivity contribution in [3.63, 3.8) is 0 Å². The van der Waals surface area contributed by atoms with E-state index in [1.54, 1.807) is 6.20 Å². The van der Waals surface area contributed by atoms with Gasteiger partial charge in [-0.15, -0.1) is 0 Å². The van der Waals surface area contributed by atoms with Crippen LogP contribution in [-0.2, 0) is 13.2 Å². The van der Waals surface area contributed by atoms with Crippen molar-refractivity contribution in [2.45, 2.75) is 46.9 Å². The zero-order valence-electron chi connectivity index (χ0n) is 16.9. The predicted octanol–water partition coefficient (Wildman–Crippen LogP) is 4.59. The summed E-state index contributed by atoms with van der Waals surface area (Å²) in [7, 11) is 0. The molecule has 0 fully saturated rings. The van der Waals surface area contributed by atoms with E-state index in [2.05, 4.69) is 22.5 Å². The molecule has 1 atom stereocenters. The molecule has 1 amide bonds. The summed E-state index contributed by atoms with van der Waals surface area (Å²) in [6.07, 6.45) is 1.76. The zero-order valence-corrected chi connectivity index (χ0v) is 16.9. The lowest BCUT2D eigenvalue weighted by Gasteiger charge is -2.16. The molecular weight excluding hydrogens is 350 g/mol. The quantitative estimate of drug-likeness (QED) is 0.655. The molecule has 2 aromatic carbocycles. The number of carbonyl (C=O) groups excluding carboxylic acids is 1.